The summed E-state index contributed by atoms with van der Waals surface area (Å²) in [5.74, 6) is -0.913. The van der Waals surface area contributed by atoms with Crippen molar-refractivity contribution in [1.82, 2.24) is 16.0 Å². The fraction of sp³-hybridized carbons (Fsp3) is 0.810. The molecule has 0 saturated heterocycles. The molecule has 0 aliphatic carbocycles. The molecule has 8 heteroatoms. The summed E-state index contributed by atoms with van der Waals surface area (Å²) in [6.45, 7) is 14.6. The number of hydrogen-bond donors (Lipinski definition) is 3. The first-order chi connectivity index (χ1) is 13.2. The number of carbonyl (C=O) groups is 4. The second kappa shape index (κ2) is 12.6. The van der Waals surface area contributed by atoms with E-state index in [9.17, 15) is 19.2 Å². The first-order valence-electron chi connectivity index (χ1n) is 10.2. The van der Waals surface area contributed by atoms with E-state index in [1.807, 2.05) is 48.5 Å². The number of nitrogens with one attached hydrogen (secondary N) is 3. The Labute approximate surface area is 174 Å². The highest BCUT2D eigenvalue weighted by Gasteiger charge is 2.29. The number of hydrogen-bond acceptors (Lipinski definition) is 5. The summed E-state index contributed by atoms with van der Waals surface area (Å²) < 4.78 is 5.64. The van der Waals surface area contributed by atoms with Gasteiger partial charge in [0.25, 0.3) is 0 Å². The van der Waals surface area contributed by atoms with Gasteiger partial charge in [-0.2, -0.15) is 0 Å². The summed E-state index contributed by atoms with van der Waals surface area (Å²) in [6.07, 6.45) is 1.63. The van der Waals surface area contributed by atoms with Gasteiger partial charge < -0.3 is 25.5 Å². The molecule has 3 amide bonds. The molecular formula is C21H39N3O5. The maximum atomic E-state index is 12.8. The minimum absolute atomic E-state index is 0.0186. The molecule has 0 aromatic heterocycles. The van der Waals surface area contributed by atoms with Crippen LogP contribution in [0.25, 0.3) is 0 Å². The molecule has 168 valence electrons. The third-order valence-electron chi connectivity index (χ3n) is 3.93. The zero-order valence-electron chi connectivity index (χ0n) is 19.1. The highest BCUT2D eigenvalue weighted by Crippen LogP contribution is 2.10. The molecular weight excluding hydrogens is 374 g/mol. The fourth-order valence-corrected chi connectivity index (χ4v) is 2.68. The summed E-state index contributed by atoms with van der Waals surface area (Å²) in [5.41, 5.74) is -0.486. The lowest BCUT2D eigenvalue weighted by Gasteiger charge is -2.27. The third kappa shape index (κ3) is 13.0. The van der Waals surface area contributed by atoms with E-state index in [1.165, 1.54) is 6.92 Å². The number of aldehydes is 1. The highest BCUT2D eigenvalue weighted by molar-refractivity contribution is 5.92. The van der Waals surface area contributed by atoms with Crippen LogP contribution >= 0.6 is 0 Å². The molecule has 0 fully saturated rings. The number of ether oxygens (including phenoxy) is 1. The Morgan fingerprint density at radius 1 is 0.862 bits per heavy atom. The monoisotopic (exact) mass is 413 g/mol. The van der Waals surface area contributed by atoms with E-state index in [-0.39, 0.29) is 24.3 Å². The van der Waals surface area contributed by atoms with Crippen LogP contribution in [0.1, 0.15) is 68.2 Å². The van der Waals surface area contributed by atoms with Crippen molar-refractivity contribution in [1.29, 1.82) is 0 Å². The Morgan fingerprint density at radius 3 is 1.79 bits per heavy atom. The number of rotatable bonds is 12. The summed E-state index contributed by atoms with van der Waals surface area (Å²) in [5, 5.41) is 7.98. The third-order valence-corrected chi connectivity index (χ3v) is 3.93. The van der Waals surface area contributed by atoms with Crippen LogP contribution in [-0.4, -0.2) is 54.3 Å². The minimum Gasteiger partial charge on any atom is -0.373 e. The van der Waals surface area contributed by atoms with Crippen LogP contribution in [0.15, 0.2) is 0 Å². The molecule has 0 unspecified atom stereocenters. The standard InChI is InChI=1S/C21H39N3O5/c1-13(2)9-16(11-25)23-19(27)17(10-14(3)4)24-20(28)18(22-15(5)26)12-29-21(6,7)8/h11,13-14,16-18H,9-10,12H2,1-8H3,(H,22,26)(H,23,27)(H,24,28)/t16-,17-,18+/m1/s1. The molecule has 0 aliphatic heterocycles. The Balaban J connectivity index is 5.27. The Morgan fingerprint density at radius 2 is 1.38 bits per heavy atom. The average molecular weight is 414 g/mol. The van der Waals surface area contributed by atoms with Crippen molar-refractivity contribution in [2.24, 2.45) is 11.8 Å². The van der Waals surface area contributed by atoms with Gasteiger partial charge in [-0.3, -0.25) is 14.4 Å². The summed E-state index contributed by atoms with van der Waals surface area (Å²) in [4.78, 5) is 48.3. The van der Waals surface area contributed by atoms with Gasteiger partial charge in [0.15, 0.2) is 0 Å². The van der Waals surface area contributed by atoms with Crippen LogP contribution in [0.5, 0.6) is 0 Å². The molecule has 8 nitrogen and oxygen atoms in total. The Kier molecular flexibility index (Phi) is 11.7. The summed E-state index contributed by atoms with van der Waals surface area (Å²) >= 11 is 0. The lowest BCUT2D eigenvalue weighted by Crippen LogP contribution is -2.56. The average Bonchev–Trinajstić information content (AvgIpc) is 2.55. The molecule has 0 radical (unpaired) electrons. The molecule has 0 aromatic rings. The van der Waals surface area contributed by atoms with Crippen LogP contribution < -0.4 is 16.0 Å². The van der Waals surface area contributed by atoms with Gasteiger partial charge in [0.05, 0.1) is 18.2 Å². The zero-order valence-corrected chi connectivity index (χ0v) is 19.1. The number of carbonyl (C=O) groups excluding carboxylic acids is 4. The van der Waals surface area contributed by atoms with E-state index < -0.39 is 35.5 Å². The second-order valence-electron chi connectivity index (χ2n) is 9.25. The zero-order chi connectivity index (χ0) is 22.8. The van der Waals surface area contributed by atoms with Crippen LogP contribution in [0.3, 0.4) is 0 Å². The SMILES string of the molecule is CC(=O)N[C@@H](COC(C)(C)C)C(=O)N[C@H](CC(C)C)C(=O)N[C@@H](C=O)CC(C)C. The maximum Gasteiger partial charge on any atom is 0.245 e. The van der Waals surface area contributed by atoms with E-state index in [2.05, 4.69) is 16.0 Å². The lowest BCUT2D eigenvalue weighted by atomic mass is 10.0. The van der Waals surface area contributed by atoms with Crippen molar-refractivity contribution in [3.63, 3.8) is 0 Å². The van der Waals surface area contributed by atoms with Crippen LogP contribution in [-0.2, 0) is 23.9 Å². The van der Waals surface area contributed by atoms with E-state index in [4.69, 9.17) is 4.74 Å². The van der Waals surface area contributed by atoms with Crippen molar-refractivity contribution < 1.29 is 23.9 Å². The molecule has 0 rings (SSSR count). The molecule has 3 N–H and O–H groups in total. The largest absolute Gasteiger partial charge is 0.373 e. The minimum atomic E-state index is -0.924. The Hall–Kier alpha value is -1.96. The van der Waals surface area contributed by atoms with Crippen molar-refractivity contribution >= 4 is 24.0 Å². The van der Waals surface area contributed by atoms with Gasteiger partial charge in [-0.15, -0.1) is 0 Å². The first-order valence-corrected chi connectivity index (χ1v) is 10.2. The van der Waals surface area contributed by atoms with E-state index in [1.54, 1.807) is 0 Å². The molecule has 0 saturated carbocycles. The lowest BCUT2D eigenvalue weighted by molar-refractivity contribution is -0.135. The van der Waals surface area contributed by atoms with E-state index in [0.29, 0.717) is 19.1 Å². The molecule has 0 bridgehead atoms. The fourth-order valence-electron chi connectivity index (χ4n) is 2.68. The molecule has 0 spiro atoms. The topological polar surface area (TPSA) is 114 Å². The smallest absolute Gasteiger partial charge is 0.245 e. The maximum absolute atomic E-state index is 12.8. The normalized spacial score (nSPS) is 14.8. The quantitative estimate of drug-likeness (QED) is 0.420. The van der Waals surface area contributed by atoms with Crippen LogP contribution in [0.4, 0.5) is 0 Å². The molecule has 0 aromatic carbocycles. The number of amides is 3. The summed E-state index contributed by atoms with van der Waals surface area (Å²) in [6, 6.07) is -2.35. The van der Waals surface area contributed by atoms with Crippen molar-refractivity contribution in [3.05, 3.63) is 0 Å². The second-order valence-corrected chi connectivity index (χ2v) is 9.25. The van der Waals surface area contributed by atoms with Gasteiger partial charge in [0, 0.05) is 6.92 Å². The van der Waals surface area contributed by atoms with Crippen molar-refractivity contribution in [2.75, 3.05) is 6.61 Å². The van der Waals surface area contributed by atoms with E-state index >= 15 is 0 Å². The molecule has 0 heterocycles. The summed E-state index contributed by atoms with van der Waals surface area (Å²) in [7, 11) is 0. The molecule has 3 atom stereocenters. The van der Waals surface area contributed by atoms with Gasteiger partial charge in [-0.1, -0.05) is 27.7 Å². The molecule has 29 heavy (non-hydrogen) atoms. The predicted molar refractivity (Wildman–Crippen MR) is 112 cm³/mol. The van der Waals surface area contributed by atoms with Gasteiger partial charge in [-0.05, 0) is 45.4 Å². The van der Waals surface area contributed by atoms with Crippen molar-refractivity contribution in [3.8, 4) is 0 Å². The predicted octanol–water partition coefficient (Wildman–Crippen LogP) is 1.57. The van der Waals surface area contributed by atoms with E-state index in [0.717, 1.165) is 0 Å². The van der Waals surface area contributed by atoms with Crippen molar-refractivity contribution in [2.45, 2.75) is 92.0 Å². The van der Waals surface area contributed by atoms with Gasteiger partial charge in [0.2, 0.25) is 17.7 Å². The highest BCUT2D eigenvalue weighted by atomic mass is 16.5. The molecule has 0 aliphatic rings. The van der Waals surface area contributed by atoms with Gasteiger partial charge in [0.1, 0.15) is 18.4 Å². The van der Waals surface area contributed by atoms with Crippen LogP contribution in [0, 0.1) is 11.8 Å². The van der Waals surface area contributed by atoms with Gasteiger partial charge >= 0.3 is 0 Å². The van der Waals surface area contributed by atoms with Crippen LogP contribution in [0.2, 0.25) is 0 Å². The first kappa shape index (κ1) is 27.0. The Bertz CT molecular complexity index is 555. The van der Waals surface area contributed by atoms with Gasteiger partial charge in [-0.25, -0.2) is 0 Å².